The van der Waals surface area contributed by atoms with E-state index < -0.39 is 10.7 Å². The summed E-state index contributed by atoms with van der Waals surface area (Å²) < 4.78 is 20.2. The first-order valence-electron chi connectivity index (χ1n) is 6.05. The van der Waals surface area contributed by atoms with E-state index >= 15 is 0 Å². The number of non-ortho nitro benzene ring substituents is 1. The van der Waals surface area contributed by atoms with E-state index in [4.69, 9.17) is 10.5 Å². The van der Waals surface area contributed by atoms with Crippen LogP contribution in [0.15, 0.2) is 40.9 Å². The van der Waals surface area contributed by atoms with Crippen LogP contribution in [0.5, 0.6) is 11.5 Å². The fourth-order valence-corrected chi connectivity index (χ4v) is 2.15. The van der Waals surface area contributed by atoms with Crippen molar-refractivity contribution in [2.45, 2.75) is 13.0 Å². The van der Waals surface area contributed by atoms with E-state index in [1.165, 1.54) is 12.1 Å². The van der Waals surface area contributed by atoms with Crippen LogP contribution in [0.3, 0.4) is 0 Å². The third-order valence-electron chi connectivity index (χ3n) is 2.81. The predicted octanol–water partition coefficient (Wildman–Crippen LogP) is 4.31. The van der Waals surface area contributed by atoms with Crippen molar-refractivity contribution in [3.8, 4) is 11.5 Å². The van der Waals surface area contributed by atoms with Crippen molar-refractivity contribution in [3.63, 3.8) is 0 Å². The number of hydrogen-bond donors (Lipinski definition) is 1. The lowest BCUT2D eigenvalue weighted by molar-refractivity contribution is -0.385. The molecule has 0 saturated heterocycles. The molecule has 2 rings (SSSR count). The minimum Gasteiger partial charge on any atom is -0.454 e. The smallest absolute Gasteiger partial charge is 0.272 e. The summed E-state index contributed by atoms with van der Waals surface area (Å²) in [6, 6.07) is 8.10. The summed E-state index contributed by atoms with van der Waals surface area (Å²) in [5, 5.41) is 10.6. The Balaban J connectivity index is 2.36. The van der Waals surface area contributed by atoms with Crippen LogP contribution in [0.2, 0.25) is 0 Å². The second-order valence-corrected chi connectivity index (χ2v) is 5.36. The molecule has 0 spiro atoms. The molecule has 1 atom stereocenters. The summed E-state index contributed by atoms with van der Waals surface area (Å²) in [4.78, 5) is 9.91. The summed E-state index contributed by atoms with van der Waals surface area (Å²) in [5.74, 6) is -0.492. The van der Waals surface area contributed by atoms with E-state index in [9.17, 15) is 14.5 Å². The van der Waals surface area contributed by atoms with Crippen molar-refractivity contribution in [3.05, 3.63) is 62.4 Å². The summed E-state index contributed by atoms with van der Waals surface area (Å²) >= 11 is 3.33. The predicted molar refractivity (Wildman–Crippen MR) is 79.9 cm³/mol. The van der Waals surface area contributed by atoms with Gasteiger partial charge >= 0.3 is 0 Å². The Morgan fingerprint density at radius 2 is 1.95 bits per heavy atom. The van der Waals surface area contributed by atoms with Gasteiger partial charge in [-0.15, -0.1) is 0 Å². The molecule has 0 aliphatic heterocycles. The first-order chi connectivity index (χ1) is 9.88. The lowest BCUT2D eigenvalue weighted by Gasteiger charge is -2.14. The molecule has 0 aliphatic rings. The highest BCUT2D eigenvalue weighted by Gasteiger charge is 2.15. The molecule has 0 bridgehead atoms. The lowest BCUT2D eigenvalue weighted by Crippen LogP contribution is -2.07. The number of halogens is 2. The van der Waals surface area contributed by atoms with Gasteiger partial charge in [0, 0.05) is 22.1 Å². The second kappa shape index (κ2) is 6.19. The number of rotatable bonds is 4. The fraction of sp³-hybridized carbons (Fsp3) is 0.143. The van der Waals surface area contributed by atoms with Crippen LogP contribution in [-0.4, -0.2) is 4.92 Å². The topological polar surface area (TPSA) is 78.4 Å². The number of ether oxygens (including phenoxy) is 1. The van der Waals surface area contributed by atoms with Gasteiger partial charge in [-0.25, -0.2) is 4.39 Å². The zero-order valence-corrected chi connectivity index (χ0v) is 12.6. The molecule has 0 radical (unpaired) electrons. The van der Waals surface area contributed by atoms with E-state index in [0.717, 1.165) is 10.5 Å². The van der Waals surface area contributed by atoms with Crippen LogP contribution in [0.1, 0.15) is 18.5 Å². The van der Waals surface area contributed by atoms with Gasteiger partial charge in [0.2, 0.25) is 0 Å². The number of nitrogens with two attached hydrogens (primary N) is 1. The number of benzene rings is 2. The van der Waals surface area contributed by atoms with Crippen LogP contribution < -0.4 is 10.5 Å². The van der Waals surface area contributed by atoms with E-state index in [1.54, 1.807) is 25.1 Å². The molecule has 7 heteroatoms. The maximum Gasteiger partial charge on any atom is 0.272 e. The normalized spacial score (nSPS) is 12.0. The Morgan fingerprint density at radius 3 is 2.52 bits per heavy atom. The van der Waals surface area contributed by atoms with Crippen molar-refractivity contribution in [2.24, 2.45) is 5.73 Å². The Hall–Kier alpha value is -1.99. The first-order valence-corrected chi connectivity index (χ1v) is 6.84. The zero-order valence-electron chi connectivity index (χ0n) is 11.0. The Kier molecular flexibility index (Phi) is 4.54. The summed E-state index contributed by atoms with van der Waals surface area (Å²) in [7, 11) is 0. The molecular weight excluding hydrogens is 343 g/mol. The molecule has 2 aromatic carbocycles. The highest BCUT2D eigenvalue weighted by Crippen LogP contribution is 2.33. The molecule has 110 valence electrons. The average Bonchev–Trinajstić information content (AvgIpc) is 2.42. The number of nitro benzene ring substituents is 1. The quantitative estimate of drug-likeness (QED) is 0.655. The van der Waals surface area contributed by atoms with E-state index in [2.05, 4.69) is 15.9 Å². The van der Waals surface area contributed by atoms with Crippen LogP contribution in [-0.2, 0) is 0 Å². The molecule has 0 saturated carbocycles. The lowest BCUT2D eigenvalue weighted by atomic mass is 10.1. The third-order valence-corrected chi connectivity index (χ3v) is 3.30. The van der Waals surface area contributed by atoms with Crippen LogP contribution in [0.4, 0.5) is 10.1 Å². The highest BCUT2D eigenvalue weighted by atomic mass is 79.9. The van der Waals surface area contributed by atoms with Crippen molar-refractivity contribution < 1.29 is 14.1 Å². The maximum absolute atomic E-state index is 13.8. The van der Waals surface area contributed by atoms with Gasteiger partial charge in [0.05, 0.1) is 11.0 Å². The third kappa shape index (κ3) is 3.56. The molecule has 0 aliphatic carbocycles. The van der Waals surface area contributed by atoms with Crippen molar-refractivity contribution in [1.29, 1.82) is 0 Å². The molecule has 0 amide bonds. The van der Waals surface area contributed by atoms with Gasteiger partial charge in [0.25, 0.3) is 5.69 Å². The van der Waals surface area contributed by atoms with Crippen molar-refractivity contribution in [2.75, 3.05) is 0 Å². The van der Waals surface area contributed by atoms with Gasteiger partial charge < -0.3 is 10.5 Å². The minimum atomic E-state index is -0.803. The van der Waals surface area contributed by atoms with Gasteiger partial charge in [0.15, 0.2) is 11.6 Å². The number of nitrogens with zero attached hydrogens (tertiary/aromatic N) is 1. The second-order valence-electron chi connectivity index (χ2n) is 4.44. The standard InChI is InChI=1S/C14H12BrFN2O3/c1-8(17)11-6-9(15)2-4-13(11)21-14-5-3-10(18(19)20)7-12(14)16/h2-8H,17H2,1H3. The van der Waals surface area contributed by atoms with E-state index in [-0.39, 0.29) is 17.5 Å². The Labute approximate surface area is 128 Å². The molecule has 0 heterocycles. The van der Waals surface area contributed by atoms with E-state index in [0.29, 0.717) is 11.3 Å². The Bertz CT molecular complexity index is 692. The van der Waals surface area contributed by atoms with Gasteiger partial charge in [-0.2, -0.15) is 0 Å². The van der Waals surface area contributed by atoms with Crippen molar-refractivity contribution >= 4 is 21.6 Å². The SMILES string of the molecule is CC(N)c1cc(Br)ccc1Oc1ccc([N+](=O)[O-])cc1F. The molecule has 0 aromatic heterocycles. The van der Waals surface area contributed by atoms with Gasteiger partial charge in [0.1, 0.15) is 5.75 Å². The summed E-state index contributed by atoms with van der Waals surface area (Å²) in [6.07, 6.45) is 0. The minimum absolute atomic E-state index is 0.0928. The van der Waals surface area contributed by atoms with Crippen LogP contribution >= 0.6 is 15.9 Å². The largest absolute Gasteiger partial charge is 0.454 e. The molecule has 21 heavy (non-hydrogen) atoms. The molecule has 0 fully saturated rings. The summed E-state index contributed by atoms with van der Waals surface area (Å²) in [5.41, 5.74) is 6.22. The molecule has 1 unspecified atom stereocenters. The van der Waals surface area contributed by atoms with Gasteiger partial charge in [-0.1, -0.05) is 15.9 Å². The maximum atomic E-state index is 13.8. The van der Waals surface area contributed by atoms with Crippen LogP contribution in [0.25, 0.3) is 0 Å². The highest BCUT2D eigenvalue weighted by molar-refractivity contribution is 9.10. The number of hydrogen-bond acceptors (Lipinski definition) is 4. The fourth-order valence-electron chi connectivity index (χ4n) is 1.77. The first kappa shape index (κ1) is 15.4. The van der Waals surface area contributed by atoms with Gasteiger partial charge in [-0.3, -0.25) is 10.1 Å². The molecule has 2 aromatic rings. The van der Waals surface area contributed by atoms with Gasteiger partial charge in [-0.05, 0) is 31.2 Å². The molecular formula is C14H12BrFN2O3. The van der Waals surface area contributed by atoms with E-state index in [1.807, 2.05) is 0 Å². The monoisotopic (exact) mass is 354 g/mol. The van der Waals surface area contributed by atoms with Crippen LogP contribution in [0, 0.1) is 15.9 Å². The summed E-state index contributed by atoms with van der Waals surface area (Å²) in [6.45, 7) is 1.78. The Morgan fingerprint density at radius 1 is 1.29 bits per heavy atom. The van der Waals surface area contributed by atoms with Crippen molar-refractivity contribution in [1.82, 2.24) is 0 Å². The average molecular weight is 355 g/mol. The molecule has 5 nitrogen and oxygen atoms in total. The molecule has 2 N–H and O–H groups in total. The number of nitro groups is 1. The zero-order chi connectivity index (χ0) is 15.6.